The van der Waals surface area contributed by atoms with Gasteiger partial charge in [0.05, 0.1) is 0 Å². The van der Waals surface area contributed by atoms with E-state index in [4.69, 9.17) is 8.85 Å². The zero-order chi connectivity index (χ0) is 12.0. The maximum absolute atomic E-state index is 6.14. The van der Waals surface area contributed by atoms with Crippen molar-refractivity contribution in [3.05, 3.63) is 29.8 Å². The van der Waals surface area contributed by atoms with Crippen molar-refractivity contribution in [2.24, 2.45) is 0 Å². The molecular weight excluding hydrogens is 216 g/mol. The van der Waals surface area contributed by atoms with Crippen molar-refractivity contribution >= 4 is 8.56 Å². The molecular formula is C13H22O2Si. The molecule has 0 aliphatic rings. The summed E-state index contributed by atoms with van der Waals surface area (Å²) in [4.78, 5) is 0. The standard InChI is InChI=1S/C13H22O2Si/c1-5-14-16(6-2,7-3)15-13-10-8-9-12(4)11-13/h8-11H,5-7H2,1-4H3. The summed E-state index contributed by atoms with van der Waals surface area (Å²) >= 11 is 0. The normalized spacial score (nSPS) is 11.5. The number of hydrogen-bond donors (Lipinski definition) is 0. The fourth-order valence-electron chi connectivity index (χ4n) is 1.78. The summed E-state index contributed by atoms with van der Waals surface area (Å²) in [6.45, 7) is 9.16. The SMILES string of the molecule is CCO[Si](CC)(CC)Oc1cccc(C)c1. The topological polar surface area (TPSA) is 18.5 Å². The van der Waals surface area contributed by atoms with Crippen molar-refractivity contribution in [2.45, 2.75) is 39.8 Å². The molecule has 3 heteroatoms. The van der Waals surface area contributed by atoms with Crippen LogP contribution in [0.4, 0.5) is 0 Å². The Hall–Kier alpha value is -0.803. The monoisotopic (exact) mass is 238 g/mol. The Morgan fingerprint density at radius 3 is 2.31 bits per heavy atom. The van der Waals surface area contributed by atoms with E-state index < -0.39 is 8.56 Å². The highest BCUT2D eigenvalue weighted by atomic mass is 28.4. The third kappa shape index (κ3) is 3.35. The van der Waals surface area contributed by atoms with Crippen LogP contribution >= 0.6 is 0 Å². The first-order valence-corrected chi connectivity index (χ1v) is 8.28. The average molecular weight is 238 g/mol. The summed E-state index contributed by atoms with van der Waals surface area (Å²) in [5, 5.41) is 0. The molecule has 0 heterocycles. The van der Waals surface area contributed by atoms with E-state index in [0.717, 1.165) is 24.4 Å². The Balaban J connectivity index is 2.82. The summed E-state index contributed by atoms with van der Waals surface area (Å²) in [5.41, 5.74) is 1.23. The minimum atomic E-state index is -2.01. The number of benzene rings is 1. The van der Waals surface area contributed by atoms with Gasteiger partial charge in [-0.05, 0) is 43.6 Å². The van der Waals surface area contributed by atoms with Gasteiger partial charge in [0.25, 0.3) is 0 Å². The van der Waals surface area contributed by atoms with Crippen LogP contribution < -0.4 is 4.43 Å². The Bertz CT molecular complexity index is 321. The molecule has 0 saturated carbocycles. The molecule has 1 aromatic rings. The van der Waals surface area contributed by atoms with Gasteiger partial charge in [-0.25, -0.2) is 0 Å². The van der Waals surface area contributed by atoms with Crippen LogP contribution in [0.2, 0.25) is 12.1 Å². The first kappa shape index (κ1) is 13.3. The van der Waals surface area contributed by atoms with Crippen molar-refractivity contribution in [3.8, 4) is 5.75 Å². The highest BCUT2D eigenvalue weighted by Crippen LogP contribution is 2.23. The zero-order valence-corrected chi connectivity index (χ0v) is 11.7. The predicted molar refractivity (Wildman–Crippen MR) is 70.1 cm³/mol. The third-order valence-corrected chi connectivity index (χ3v) is 6.36. The van der Waals surface area contributed by atoms with Crippen molar-refractivity contribution in [1.82, 2.24) is 0 Å². The average Bonchev–Trinajstić information content (AvgIpc) is 2.28. The molecule has 0 fully saturated rings. The maximum Gasteiger partial charge on any atom is 0.398 e. The molecule has 0 aliphatic carbocycles. The molecule has 0 aromatic heterocycles. The van der Waals surface area contributed by atoms with Gasteiger partial charge in [-0.2, -0.15) is 0 Å². The molecule has 0 radical (unpaired) electrons. The molecule has 0 aliphatic heterocycles. The van der Waals surface area contributed by atoms with E-state index in [1.54, 1.807) is 0 Å². The lowest BCUT2D eigenvalue weighted by Gasteiger charge is -2.28. The Kier molecular flexibility index (Phi) is 5.02. The van der Waals surface area contributed by atoms with Crippen LogP contribution in [0.25, 0.3) is 0 Å². The molecule has 16 heavy (non-hydrogen) atoms. The number of hydrogen-bond acceptors (Lipinski definition) is 2. The van der Waals surface area contributed by atoms with Gasteiger partial charge in [-0.15, -0.1) is 0 Å². The van der Waals surface area contributed by atoms with Gasteiger partial charge in [0.15, 0.2) is 0 Å². The van der Waals surface area contributed by atoms with Gasteiger partial charge in [-0.3, -0.25) is 0 Å². The van der Waals surface area contributed by atoms with E-state index in [1.165, 1.54) is 5.56 Å². The van der Waals surface area contributed by atoms with E-state index in [1.807, 2.05) is 19.1 Å². The van der Waals surface area contributed by atoms with Crippen LogP contribution in [0, 0.1) is 6.92 Å². The summed E-state index contributed by atoms with van der Waals surface area (Å²) < 4.78 is 12.0. The minimum Gasteiger partial charge on any atom is -0.520 e. The summed E-state index contributed by atoms with van der Waals surface area (Å²) in [5.74, 6) is 0.948. The fourth-order valence-corrected chi connectivity index (χ4v) is 4.12. The minimum absolute atomic E-state index is 0.736. The number of rotatable bonds is 6. The molecule has 0 N–H and O–H groups in total. The Morgan fingerprint density at radius 1 is 1.12 bits per heavy atom. The Morgan fingerprint density at radius 2 is 1.81 bits per heavy atom. The highest BCUT2D eigenvalue weighted by Gasteiger charge is 2.35. The molecule has 0 unspecified atom stereocenters. The van der Waals surface area contributed by atoms with Gasteiger partial charge in [-0.1, -0.05) is 26.0 Å². The van der Waals surface area contributed by atoms with E-state index in [9.17, 15) is 0 Å². The molecule has 0 amide bonds. The quantitative estimate of drug-likeness (QED) is 0.700. The van der Waals surface area contributed by atoms with Crippen LogP contribution in [-0.4, -0.2) is 15.2 Å². The first-order valence-electron chi connectivity index (χ1n) is 6.05. The summed E-state index contributed by atoms with van der Waals surface area (Å²) in [6.07, 6.45) is 0. The highest BCUT2D eigenvalue weighted by molar-refractivity contribution is 6.68. The Labute approximate surface area is 99.8 Å². The number of aryl methyl sites for hydroxylation is 1. The van der Waals surface area contributed by atoms with E-state index in [-0.39, 0.29) is 0 Å². The smallest absolute Gasteiger partial charge is 0.398 e. The maximum atomic E-state index is 6.14. The second-order valence-electron chi connectivity index (χ2n) is 3.97. The summed E-state index contributed by atoms with van der Waals surface area (Å²) in [7, 11) is -2.01. The fraction of sp³-hybridized carbons (Fsp3) is 0.538. The second kappa shape index (κ2) is 6.06. The van der Waals surface area contributed by atoms with Gasteiger partial charge >= 0.3 is 8.56 Å². The van der Waals surface area contributed by atoms with Crippen molar-refractivity contribution in [1.29, 1.82) is 0 Å². The van der Waals surface area contributed by atoms with E-state index >= 15 is 0 Å². The third-order valence-electron chi connectivity index (χ3n) is 2.78. The van der Waals surface area contributed by atoms with Crippen molar-refractivity contribution in [3.63, 3.8) is 0 Å². The molecule has 1 aromatic carbocycles. The molecule has 0 bridgehead atoms. The van der Waals surface area contributed by atoms with E-state index in [0.29, 0.717) is 0 Å². The molecule has 0 spiro atoms. The van der Waals surface area contributed by atoms with Crippen molar-refractivity contribution < 1.29 is 8.85 Å². The summed E-state index contributed by atoms with van der Waals surface area (Å²) in [6, 6.07) is 10.2. The zero-order valence-electron chi connectivity index (χ0n) is 10.7. The van der Waals surface area contributed by atoms with Crippen LogP contribution in [0.3, 0.4) is 0 Å². The molecule has 0 atom stereocenters. The second-order valence-corrected chi connectivity index (χ2v) is 7.70. The van der Waals surface area contributed by atoms with Gasteiger partial charge < -0.3 is 8.85 Å². The van der Waals surface area contributed by atoms with Gasteiger partial charge in [0, 0.05) is 6.61 Å². The lowest BCUT2D eigenvalue weighted by atomic mass is 10.2. The lowest BCUT2D eigenvalue weighted by molar-refractivity contribution is 0.252. The first-order chi connectivity index (χ1) is 7.65. The lowest BCUT2D eigenvalue weighted by Crippen LogP contribution is -2.44. The molecule has 0 saturated heterocycles. The largest absolute Gasteiger partial charge is 0.520 e. The van der Waals surface area contributed by atoms with Crippen LogP contribution in [0.15, 0.2) is 24.3 Å². The van der Waals surface area contributed by atoms with E-state index in [2.05, 4.69) is 32.9 Å². The molecule has 90 valence electrons. The van der Waals surface area contributed by atoms with Crippen LogP contribution in [-0.2, 0) is 4.43 Å². The molecule has 1 rings (SSSR count). The van der Waals surface area contributed by atoms with Gasteiger partial charge in [0.1, 0.15) is 5.75 Å². The van der Waals surface area contributed by atoms with Crippen LogP contribution in [0.5, 0.6) is 5.75 Å². The van der Waals surface area contributed by atoms with Crippen LogP contribution in [0.1, 0.15) is 26.3 Å². The van der Waals surface area contributed by atoms with Crippen molar-refractivity contribution in [2.75, 3.05) is 6.61 Å². The molecule has 2 nitrogen and oxygen atoms in total. The van der Waals surface area contributed by atoms with Gasteiger partial charge in [0.2, 0.25) is 0 Å². The predicted octanol–water partition coefficient (Wildman–Crippen LogP) is 3.89.